The van der Waals surface area contributed by atoms with Gasteiger partial charge in [0.05, 0.1) is 23.1 Å². The number of anilines is 1. The van der Waals surface area contributed by atoms with Gasteiger partial charge in [-0.2, -0.15) is 0 Å². The van der Waals surface area contributed by atoms with Crippen LogP contribution in [-0.4, -0.2) is 36.1 Å². The summed E-state index contributed by atoms with van der Waals surface area (Å²) in [6.45, 7) is -0.510. The third kappa shape index (κ3) is 5.89. The second-order valence-corrected chi connectivity index (χ2v) is 11.5. The second-order valence-electron chi connectivity index (χ2n) is 10.6. The van der Waals surface area contributed by atoms with Crippen molar-refractivity contribution < 1.29 is 33.4 Å². The van der Waals surface area contributed by atoms with E-state index < -0.39 is 30.2 Å². The Hall–Kier alpha value is -4.89. The zero-order valence-electron chi connectivity index (χ0n) is 23.0. The third-order valence-electron chi connectivity index (χ3n) is 7.98. The lowest BCUT2D eigenvalue weighted by Crippen LogP contribution is -2.31. The number of Topliss-reactive ketones (excluding diaryl/α,β-unsaturated/α-hetero) is 1. The summed E-state index contributed by atoms with van der Waals surface area (Å²) in [5, 5.41) is 1.77. The summed E-state index contributed by atoms with van der Waals surface area (Å²) in [5.41, 5.74) is 1.89. The van der Waals surface area contributed by atoms with Crippen molar-refractivity contribution in [3.63, 3.8) is 0 Å². The summed E-state index contributed by atoms with van der Waals surface area (Å²) in [7, 11) is 0. The lowest BCUT2D eigenvalue weighted by Gasteiger charge is -2.28. The Morgan fingerprint density at radius 3 is 2.28 bits per heavy atom. The molecular weight excluding hydrogens is 566 g/mol. The van der Waals surface area contributed by atoms with E-state index in [9.17, 15) is 24.0 Å². The number of thiophene rings is 1. The van der Waals surface area contributed by atoms with Gasteiger partial charge in [0.2, 0.25) is 11.8 Å². The van der Waals surface area contributed by atoms with Crippen LogP contribution in [0.2, 0.25) is 0 Å². The fourth-order valence-corrected chi connectivity index (χ4v) is 6.39. The van der Waals surface area contributed by atoms with Gasteiger partial charge in [-0.05, 0) is 84.7 Å². The molecule has 1 aliphatic carbocycles. The molecule has 0 radical (unpaired) electrons. The first-order valence-electron chi connectivity index (χ1n) is 14.0. The van der Waals surface area contributed by atoms with Gasteiger partial charge in [0, 0.05) is 5.56 Å². The topological polar surface area (TPSA) is 107 Å². The maximum absolute atomic E-state index is 13.4. The number of carbonyl (C=O) groups is 5. The molecule has 2 aliphatic rings. The molecule has 2 amide bonds. The number of nitrogens with zero attached hydrogens (tertiary/aromatic N) is 1. The average Bonchev–Trinajstić information content (AvgIpc) is 3.67. The van der Waals surface area contributed by atoms with E-state index in [1.54, 1.807) is 29.6 Å². The molecule has 2 fully saturated rings. The van der Waals surface area contributed by atoms with Gasteiger partial charge in [-0.1, -0.05) is 42.5 Å². The predicted molar refractivity (Wildman–Crippen MR) is 159 cm³/mol. The average molecular weight is 594 g/mol. The van der Waals surface area contributed by atoms with E-state index in [1.165, 1.54) is 58.2 Å². The first kappa shape index (κ1) is 28.2. The van der Waals surface area contributed by atoms with E-state index in [1.807, 2.05) is 18.2 Å². The molecule has 0 unspecified atom stereocenters. The molecular formula is C34H27NO7S. The highest BCUT2D eigenvalue weighted by molar-refractivity contribution is 7.12. The number of ketones is 1. The zero-order chi connectivity index (χ0) is 29.9. The largest absolute Gasteiger partial charge is 0.454 e. The number of amides is 2. The van der Waals surface area contributed by atoms with Gasteiger partial charge >= 0.3 is 11.9 Å². The molecule has 0 spiro atoms. The van der Waals surface area contributed by atoms with Crippen molar-refractivity contribution in [1.29, 1.82) is 0 Å². The molecule has 6 rings (SSSR count). The molecule has 4 aromatic rings. The van der Waals surface area contributed by atoms with Gasteiger partial charge in [0.1, 0.15) is 10.6 Å². The Bertz CT molecular complexity index is 1680. The lowest BCUT2D eigenvalue weighted by atomic mass is 9.73. The third-order valence-corrected chi connectivity index (χ3v) is 8.83. The van der Waals surface area contributed by atoms with Crippen LogP contribution in [0, 0.1) is 11.8 Å². The molecule has 43 heavy (non-hydrogen) atoms. The fourth-order valence-electron chi connectivity index (χ4n) is 5.79. The Kier molecular flexibility index (Phi) is 7.98. The monoisotopic (exact) mass is 593 g/mol. The van der Waals surface area contributed by atoms with E-state index in [0.29, 0.717) is 23.4 Å². The van der Waals surface area contributed by atoms with E-state index in [2.05, 4.69) is 12.1 Å². The normalized spacial score (nSPS) is 19.5. The first-order chi connectivity index (χ1) is 20.9. The summed E-state index contributed by atoms with van der Waals surface area (Å²) in [4.78, 5) is 66.0. The molecule has 2 heterocycles. The highest BCUT2D eigenvalue weighted by Crippen LogP contribution is 2.45. The molecule has 1 saturated carbocycles. The van der Waals surface area contributed by atoms with Gasteiger partial charge in [-0.15, -0.1) is 11.3 Å². The molecule has 0 N–H and O–H groups in total. The van der Waals surface area contributed by atoms with Crippen molar-refractivity contribution in [2.45, 2.75) is 25.2 Å². The minimum Gasteiger partial charge on any atom is -0.454 e. The Labute approximate surface area is 251 Å². The van der Waals surface area contributed by atoms with Crippen LogP contribution in [-0.2, 0) is 14.3 Å². The molecule has 3 atom stereocenters. The quantitative estimate of drug-likeness (QED) is 0.105. The molecule has 8 nitrogen and oxygen atoms in total. The number of hydrogen-bond acceptors (Lipinski definition) is 8. The summed E-state index contributed by atoms with van der Waals surface area (Å²) in [6.07, 6.45) is 2.08. The molecule has 9 heteroatoms. The van der Waals surface area contributed by atoms with Crippen molar-refractivity contribution in [3.05, 3.63) is 118 Å². The fraction of sp³-hybridized carbons (Fsp3) is 0.206. The SMILES string of the molecule is O=C(COC(=O)c1cccc(N2C(=O)[C@H]3CC[C@H](c4ccccc4)C[C@H]3C2=O)c1)c1ccc(OC(=O)c2cccs2)cc1. The van der Waals surface area contributed by atoms with Crippen molar-refractivity contribution in [3.8, 4) is 5.75 Å². The molecule has 1 aromatic heterocycles. The van der Waals surface area contributed by atoms with Crippen LogP contribution in [0.4, 0.5) is 5.69 Å². The van der Waals surface area contributed by atoms with E-state index in [4.69, 9.17) is 9.47 Å². The van der Waals surface area contributed by atoms with Crippen molar-refractivity contribution in [2.75, 3.05) is 11.5 Å². The summed E-state index contributed by atoms with van der Waals surface area (Å²) in [5.74, 6) is -2.44. The molecule has 3 aromatic carbocycles. The smallest absolute Gasteiger partial charge is 0.353 e. The van der Waals surface area contributed by atoms with E-state index >= 15 is 0 Å². The first-order valence-corrected chi connectivity index (χ1v) is 14.9. The number of carbonyl (C=O) groups excluding carboxylic acids is 5. The molecule has 0 bridgehead atoms. The Morgan fingerprint density at radius 2 is 1.53 bits per heavy atom. The van der Waals surface area contributed by atoms with Crippen molar-refractivity contribution in [2.24, 2.45) is 11.8 Å². The minimum absolute atomic E-state index is 0.124. The number of benzene rings is 3. The van der Waals surface area contributed by atoms with Gasteiger partial charge in [0.15, 0.2) is 12.4 Å². The number of rotatable bonds is 8. The lowest BCUT2D eigenvalue weighted by molar-refractivity contribution is -0.122. The summed E-state index contributed by atoms with van der Waals surface area (Å²) in [6, 6.07) is 25.6. The number of fused-ring (bicyclic) bond motifs is 1. The van der Waals surface area contributed by atoms with Crippen LogP contribution in [0.1, 0.15) is 61.1 Å². The Morgan fingerprint density at radius 1 is 0.767 bits per heavy atom. The number of ether oxygens (including phenoxy) is 2. The van der Waals surface area contributed by atoms with Crippen LogP contribution in [0.3, 0.4) is 0 Å². The standard InChI is InChI=1S/C34H27NO7S/c36-29(22-11-14-26(15-12-22)42-34(40)30-10-5-17-43-30)20-41-33(39)24-8-4-9-25(18-24)35-31(37)27-16-13-23(19-28(27)32(35)38)21-6-2-1-3-7-21/h1-12,14-15,17-18,23,27-28H,13,16,19-20H2/t23-,27-,28+/m0/s1. The van der Waals surface area contributed by atoms with Gasteiger partial charge in [-0.3, -0.25) is 19.3 Å². The van der Waals surface area contributed by atoms with Crippen LogP contribution in [0.5, 0.6) is 5.75 Å². The molecule has 216 valence electrons. The van der Waals surface area contributed by atoms with E-state index in [0.717, 1.165) is 6.42 Å². The van der Waals surface area contributed by atoms with Crippen LogP contribution < -0.4 is 9.64 Å². The summed E-state index contributed by atoms with van der Waals surface area (Å²) < 4.78 is 10.6. The number of hydrogen-bond donors (Lipinski definition) is 0. The Balaban J connectivity index is 1.07. The number of esters is 2. The van der Waals surface area contributed by atoms with Crippen molar-refractivity contribution >= 4 is 46.6 Å². The van der Waals surface area contributed by atoms with E-state index in [-0.39, 0.29) is 40.5 Å². The molecule has 1 aliphatic heterocycles. The van der Waals surface area contributed by atoms with Crippen LogP contribution in [0.25, 0.3) is 0 Å². The van der Waals surface area contributed by atoms with Gasteiger partial charge in [-0.25, -0.2) is 9.59 Å². The number of imide groups is 1. The van der Waals surface area contributed by atoms with Crippen LogP contribution >= 0.6 is 11.3 Å². The van der Waals surface area contributed by atoms with Gasteiger partial charge < -0.3 is 9.47 Å². The highest BCUT2D eigenvalue weighted by Gasteiger charge is 2.50. The predicted octanol–water partition coefficient (Wildman–Crippen LogP) is 6.08. The second kappa shape index (κ2) is 12.1. The van der Waals surface area contributed by atoms with Crippen LogP contribution in [0.15, 0.2) is 96.4 Å². The maximum Gasteiger partial charge on any atom is 0.353 e. The maximum atomic E-state index is 13.4. The highest BCUT2D eigenvalue weighted by atomic mass is 32.1. The summed E-state index contributed by atoms with van der Waals surface area (Å²) >= 11 is 1.26. The van der Waals surface area contributed by atoms with Gasteiger partial charge in [0.25, 0.3) is 0 Å². The van der Waals surface area contributed by atoms with Crippen molar-refractivity contribution in [1.82, 2.24) is 0 Å². The zero-order valence-corrected chi connectivity index (χ0v) is 23.8. The minimum atomic E-state index is -0.752. The molecule has 1 saturated heterocycles.